The molecule has 3 aromatic carbocycles. The number of hydrogen-bond donors (Lipinski definition) is 1. The van der Waals surface area contributed by atoms with Gasteiger partial charge in [0, 0.05) is 12.6 Å². The maximum atomic E-state index is 12.3. The zero-order valence-electron chi connectivity index (χ0n) is 16.9. The fourth-order valence-electron chi connectivity index (χ4n) is 2.65. The average Bonchev–Trinajstić information content (AvgIpc) is 2.77. The summed E-state index contributed by atoms with van der Waals surface area (Å²) in [6.07, 6.45) is 0. The van der Waals surface area contributed by atoms with E-state index in [9.17, 15) is 14.4 Å². The molecule has 0 atom stereocenters. The van der Waals surface area contributed by atoms with E-state index in [0.29, 0.717) is 17.0 Å². The molecule has 31 heavy (non-hydrogen) atoms. The highest BCUT2D eigenvalue weighted by molar-refractivity contribution is 5.95. The van der Waals surface area contributed by atoms with Crippen molar-refractivity contribution in [2.75, 3.05) is 18.5 Å². The smallest absolute Gasteiger partial charge is 0.343 e. The Balaban J connectivity index is 1.49. The molecule has 0 aromatic heterocycles. The summed E-state index contributed by atoms with van der Waals surface area (Å²) in [5.41, 5.74) is 1.11. The Morgan fingerprint density at radius 1 is 0.742 bits per heavy atom. The minimum atomic E-state index is -0.583. The lowest BCUT2D eigenvalue weighted by Crippen LogP contribution is -2.13. The third-order valence-corrected chi connectivity index (χ3v) is 4.05. The highest BCUT2D eigenvalue weighted by Crippen LogP contribution is 2.17. The van der Waals surface area contributed by atoms with Crippen LogP contribution < -0.4 is 14.8 Å². The van der Waals surface area contributed by atoms with Gasteiger partial charge in [-0.25, -0.2) is 9.59 Å². The predicted molar refractivity (Wildman–Crippen MR) is 114 cm³/mol. The molecule has 0 heterocycles. The molecule has 7 nitrogen and oxygen atoms in total. The topological polar surface area (TPSA) is 90.9 Å². The summed E-state index contributed by atoms with van der Waals surface area (Å²) in [5.74, 6) is -0.344. The summed E-state index contributed by atoms with van der Waals surface area (Å²) in [6, 6.07) is 21.7. The van der Waals surface area contributed by atoms with Gasteiger partial charge in [0.15, 0.2) is 0 Å². The number of esters is 2. The minimum absolute atomic E-state index is 0.106. The van der Waals surface area contributed by atoms with Crippen LogP contribution in [0.25, 0.3) is 0 Å². The number of amides is 1. The van der Waals surface area contributed by atoms with Crippen molar-refractivity contribution >= 4 is 23.5 Å². The van der Waals surface area contributed by atoms with Gasteiger partial charge in [0.25, 0.3) is 0 Å². The van der Waals surface area contributed by atoms with Crippen LogP contribution in [-0.2, 0) is 9.53 Å². The van der Waals surface area contributed by atoms with E-state index in [1.165, 1.54) is 37.3 Å². The molecule has 0 bridgehead atoms. The predicted octanol–water partition coefficient (Wildman–Crippen LogP) is 4.10. The van der Waals surface area contributed by atoms with Crippen LogP contribution in [0.4, 0.5) is 5.69 Å². The van der Waals surface area contributed by atoms with Crippen LogP contribution in [0, 0.1) is 0 Å². The van der Waals surface area contributed by atoms with E-state index in [1.54, 1.807) is 18.2 Å². The van der Waals surface area contributed by atoms with E-state index in [-0.39, 0.29) is 30.4 Å². The Labute approximate surface area is 179 Å². The van der Waals surface area contributed by atoms with E-state index in [2.05, 4.69) is 5.32 Å². The number of carbonyl (C=O) groups excluding carboxylic acids is 3. The number of para-hydroxylation sites is 1. The van der Waals surface area contributed by atoms with E-state index in [4.69, 9.17) is 14.2 Å². The lowest BCUT2D eigenvalue weighted by atomic mass is 10.2. The maximum absolute atomic E-state index is 12.3. The van der Waals surface area contributed by atoms with Crippen molar-refractivity contribution in [3.63, 3.8) is 0 Å². The van der Waals surface area contributed by atoms with Gasteiger partial charge in [-0.05, 0) is 54.6 Å². The van der Waals surface area contributed by atoms with Gasteiger partial charge < -0.3 is 19.5 Å². The minimum Gasteiger partial charge on any atom is -0.490 e. The van der Waals surface area contributed by atoms with Gasteiger partial charge in [-0.2, -0.15) is 0 Å². The summed E-state index contributed by atoms with van der Waals surface area (Å²) < 4.78 is 16.0. The second-order valence-electron chi connectivity index (χ2n) is 6.47. The second kappa shape index (κ2) is 10.6. The van der Waals surface area contributed by atoms with Crippen LogP contribution in [0.2, 0.25) is 0 Å². The molecule has 0 fully saturated rings. The number of benzene rings is 3. The van der Waals surface area contributed by atoms with Crippen LogP contribution in [0.5, 0.6) is 11.5 Å². The fraction of sp³-hybridized carbons (Fsp3) is 0.125. The molecule has 0 spiro atoms. The van der Waals surface area contributed by atoms with Crippen molar-refractivity contribution in [3.05, 3.63) is 90.0 Å². The van der Waals surface area contributed by atoms with Crippen LogP contribution in [-0.4, -0.2) is 31.1 Å². The fourth-order valence-corrected chi connectivity index (χ4v) is 2.65. The van der Waals surface area contributed by atoms with Crippen molar-refractivity contribution in [1.29, 1.82) is 0 Å². The van der Waals surface area contributed by atoms with Crippen molar-refractivity contribution in [2.24, 2.45) is 0 Å². The molecule has 0 unspecified atom stereocenters. The molecule has 0 saturated heterocycles. The van der Waals surface area contributed by atoms with E-state index in [1.807, 2.05) is 30.3 Å². The summed E-state index contributed by atoms with van der Waals surface area (Å²) in [6.45, 7) is 1.73. The monoisotopic (exact) mass is 419 g/mol. The standard InChI is InChI=1S/C24H21NO6/c1-17(26)25-20-7-5-6-19(16-20)24(28)31-22-12-10-18(11-13-22)23(27)30-15-14-29-21-8-3-2-4-9-21/h2-13,16H,14-15H2,1H3,(H,25,26). The zero-order valence-corrected chi connectivity index (χ0v) is 16.9. The molecule has 0 radical (unpaired) electrons. The number of anilines is 1. The first kappa shape index (κ1) is 21.6. The van der Waals surface area contributed by atoms with Gasteiger partial charge in [0.1, 0.15) is 24.7 Å². The number of rotatable bonds is 8. The zero-order chi connectivity index (χ0) is 22.1. The summed E-state index contributed by atoms with van der Waals surface area (Å²) in [7, 11) is 0. The molecule has 0 aliphatic heterocycles. The van der Waals surface area contributed by atoms with Gasteiger partial charge in [0.2, 0.25) is 5.91 Å². The molecule has 1 N–H and O–H groups in total. The highest BCUT2D eigenvalue weighted by atomic mass is 16.6. The average molecular weight is 419 g/mol. The third-order valence-electron chi connectivity index (χ3n) is 4.05. The normalized spacial score (nSPS) is 10.1. The lowest BCUT2D eigenvalue weighted by Gasteiger charge is -2.08. The summed E-state index contributed by atoms with van der Waals surface area (Å²) in [4.78, 5) is 35.6. The Hall–Kier alpha value is -4.13. The molecule has 0 saturated carbocycles. The Bertz CT molecular complexity index is 1050. The van der Waals surface area contributed by atoms with Gasteiger partial charge >= 0.3 is 11.9 Å². The Morgan fingerprint density at radius 2 is 1.48 bits per heavy atom. The first-order chi connectivity index (χ1) is 15.0. The molecule has 1 amide bonds. The largest absolute Gasteiger partial charge is 0.490 e. The lowest BCUT2D eigenvalue weighted by molar-refractivity contribution is -0.114. The molecule has 3 rings (SSSR count). The first-order valence-corrected chi connectivity index (χ1v) is 9.56. The van der Waals surface area contributed by atoms with Gasteiger partial charge in [0.05, 0.1) is 11.1 Å². The molecule has 7 heteroatoms. The maximum Gasteiger partial charge on any atom is 0.343 e. The van der Waals surface area contributed by atoms with Gasteiger partial charge in [-0.15, -0.1) is 0 Å². The van der Waals surface area contributed by atoms with Crippen molar-refractivity contribution < 1.29 is 28.6 Å². The van der Waals surface area contributed by atoms with E-state index < -0.39 is 11.9 Å². The number of hydrogen-bond acceptors (Lipinski definition) is 6. The number of nitrogens with one attached hydrogen (secondary N) is 1. The Morgan fingerprint density at radius 3 is 2.19 bits per heavy atom. The summed E-state index contributed by atoms with van der Waals surface area (Å²) in [5, 5.41) is 2.61. The highest BCUT2D eigenvalue weighted by Gasteiger charge is 2.12. The van der Waals surface area contributed by atoms with Gasteiger partial charge in [-0.3, -0.25) is 4.79 Å². The molecule has 0 aliphatic carbocycles. The van der Waals surface area contributed by atoms with Crippen molar-refractivity contribution in [2.45, 2.75) is 6.92 Å². The molecule has 3 aromatic rings. The second-order valence-corrected chi connectivity index (χ2v) is 6.47. The third kappa shape index (κ3) is 6.71. The SMILES string of the molecule is CC(=O)Nc1cccc(C(=O)Oc2ccc(C(=O)OCCOc3ccccc3)cc2)c1. The number of ether oxygens (including phenoxy) is 3. The molecule has 0 aliphatic rings. The van der Waals surface area contributed by atoms with Crippen LogP contribution >= 0.6 is 0 Å². The molecule has 158 valence electrons. The van der Waals surface area contributed by atoms with E-state index in [0.717, 1.165) is 0 Å². The van der Waals surface area contributed by atoms with Crippen LogP contribution in [0.1, 0.15) is 27.6 Å². The van der Waals surface area contributed by atoms with Crippen molar-refractivity contribution in [1.82, 2.24) is 0 Å². The molecular formula is C24H21NO6. The van der Waals surface area contributed by atoms with Crippen LogP contribution in [0.15, 0.2) is 78.9 Å². The first-order valence-electron chi connectivity index (χ1n) is 9.56. The quantitative estimate of drug-likeness (QED) is 0.336. The Kier molecular flexibility index (Phi) is 7.37. The summed E-state index contributed by atoms with van der Waals surface area (Å²) >= 11 is 0. The number of carbonyl (C=O) groups is 3. The van der Waals surface area contributed by atoms with Crippen LogP contribution in [0.3, 0.4) is 0 Å². The van der Waals surface area contributed by atoms with Crippen molar-refractivity contribution in [3.8, 4) is 11.5 Å². The van der Waals surface area contributed by atoms with Gasteiger partial charge in [-0.1, -0.05) is 24.3 Å². The van der Waals surface area contributed by atoms with E-state index >= 15 is 0 Å². The molecular weight excluding hydrogens is 398 g/mol.